The summed E-state index contributed by atoms with van der Waals surface area (Å²) in [5.74, 6) is -0.997. The highest BCUT2D eigenvalue weighted by molar-refractivity contribution is 7.89. The van der Waals surface area contributed by atoms with E-state index in [0.29, 0.717) is 6.54 Å². The number of nitrogens with zero attached hydrogens (tertiary/aromatic N) is 1. The van der Waals surface area contributed by atoms with Crippen molar-refractivity contribution in [1.29, 1.82) is 0 Å². The summed E-state index contributed by atoms with van der Waals surface area (Å²) in [6.07, 6.45) is 1.92. The van der Waals surface area contributed by atoms with Crippen LogP contribution >= 0.6 is 0 Å². The lowest BCUT2D eigenvalue weighted by Gasteiger charge is -2.20. The molecular weight excluding hydrogens is 218 g/mol. The third-order valence-electron chi connectivity index (χ3n) is 2.64. The van der Waals surface area contributed by atoms with Gasteiger partial charge in [0.15, 0.2) is 0 Å². The van der Waals surface area contributed by atoms with Gasteiger partial charge in [0.25, 0.3) is 0 Å². The molecule has 0 saturated carbocycles. The van der Waals surface area contributed by atoms with Gasteiger partial charge in [-0.15, -0.1) is 0 Å². The van der Waals surface area contributed by atoms with Gasteiger partial charge in [-0.05, 0) is 26.2 Å². The zero-order valence-corrected chi connectivity index (χ0v) is 9.66. The van der Waals surface area contributed by atoms with Crippen LogP contribution in [0.15, 0.2) is 0 Å². The molecule has 1 unspecified atom stereocenters. The van der Waals surface area contributed by atoms with E-state index >= 15 is 0 Å². The van der Waals surface area contributed by atoms with Crippen LogP contribution in [0.2, 0.25) is 0 Å². The zero-order chi connectivity index (χ0) is 11.5. The molecule has 88 valence electrons. The molecule has 0 bridgehead atoms. The van der Waals surface area contributed by atoms with E-state index in [1.807, 2.05) is 6.92 Å². The fourth-order valence-electron chi connectivity index (χ4n) is 1.84. The van der Waals surface area contributed by atoms with Crippen LogP contribution in [0.25, 0.3) is 0 Å². The molecule has 0 amide bonds. The molecule has 1 atom stereocenters. The summed E-state index contributed by atoms with van der Waals surface area (Å²) in [7, 11) is -3.23. The van der Waals surface area contributed by atoms with Gasteiger partial charge in [-0.1, -0.05) is 0 Å². The second kappa shape index (κ2) is 4.94. The number of hydrogen-bond donors (Lipinski definition) is 1. The SMILES string of the molecule is CC1CCCN1S(=O)(=O)CCCC(=O)O. The van der Waals surface area contributed by atoms with Crippen molar-refractivity contribution in [2.45, 2.75) is 38.6 Å². The number of carboxylic acid groups (broad SMARTS) is 1. The number of carbonyl (C=O) groups is 1. The lowest BCUT2D eigenvalue weighted by molar-refractivity contribution is -0.137. The number of sulfonamides is 1. The lowest BCUT2D eigenvalue weighted by atomic mass is 10.3. The molecule has 1 fully saturated rings. The van der Waals surface area contributed by atoms with Gasteiger partial charge in [-0.25, -0.2) is 8.42 Å². The second-order valence-electron chi connectivity index (χ2n) is 3.92. The topological polar surface area (TPSA) is 74.7 Å². The molecule has 1 aliphatic rings. The zero-order valence-electron chi connectivity index (χ0n) is 8.85. The Kier molecular flexibility index (Phi) is 4.10. The largest absolute Gasteiger partial charge is 0.481 e. The molecule has 0 aromatic rings. The van der Waals surface area contributed by atoms with E-state index in [2.05, 4.69) is 0 Å². The Bertz CT molecular complexity index is 325. The van der Waals surface area contributed by atoms with Crippen LogP contribution in [-0.2, 0) is 14.8 Å². The maximum atomic E-state index is 11.8. The first-order chi connectivity index (χ1) is 6.93. The van der Waals surface area contributed by atoms with E-state index in [0.717, 1.165) is 12.8 Å². The van der Waals surface area contributed by atoms with Crippen molar-refractivity contribution in [2.75, 3.05) is 12.3 Å². The predicted octanol–water partition coefficient (Wildman–Crippen LogP) is 0.665. The molecule has 0 aromatic carbocycles. The smallest absolute Gasteiger partial charge is 0.303 e. The summed E-state index contributed by atoms with van der Waals surface area (Å²) < 4.78 is 25.0. The Hall–Kier alpha value is -0.620. The highest BCUT2D eigenvalue weighted by Crippen LogP contribution is 2.21. The van der Waals surface area contributed by atoms with Crippen molar-refractivity contribution in [1.82, 2.24) is 4.31 Å². The normalized spacial score (nSPS) is 23.1. The summed E-state index contributed by atoms with van der Waals surface area (Å²) >= 11 is 0. The molecule has 5 nitrogen and oxygen atoms in total. The molecular formula is C9H17NO4S. The third-order valence-corrected chi connectivity index (χ3v) is 4.70. The van der Waals surface area contributed by atoms with Gasteiger partial charge in [-0.2, -0.15) is 4.31 Å². The average Bonchev–Trinajstić information content (AvgIpc) is 2.50. The molecule has 0 aromatic heterocycles. The van der Waals surface area contributed by atoms with Crippen molar-refractivity contribution in [3.63, 3.8) is 0 Å². The molecule has 1 N–H and O–H groups in total. The van der Waals surface area contributed by atoms with Gasteiger partial charge in [0.1, 0.15) is 0 Å². The second-order valence-corrected chi connectivity index (χ2v) is 5.96. The van der Waals surface area contributed by atoms with Crippen molar-refractivity contribution in [3.05, 3.63) is 0 Å². The number of carboxylic acids is 1. The maximum Gasteiger partial charge on any atom is 0.303 e. The lowest BCUT2D eigenvalue weighted by Crippen LogP contribution is -2.35. The number of rotatable bonds is 5. The predicted molar refractivity (Wildman–Crippen MR) is 56.1 cm³/mol. The Balaban J connectivity index is 2.48. The molecule has 0 spiro atoms. The van der Waals surface area contributed by atoms with Gasteiger partial charge in [0.2, 0.25) is 10.0 Å². The van der Waals surface area contributed by atoms with E-state index in [-0.39, 0.29) is 24.6 Å². The van der Waals surface area contributed by atoms with E-state index in [4.69, 9.17) is 5.11 Å². The van der Waals surface area contributed by atoms with Crippen LogP contribution in [0.5, 0.6) is 0 Å². The van der Waals surface area contributed by atoms with Crippen LogP contribution in [0.4, 0.5) is 0 Å². The molecule has 15 heavy (non-hydrogen) atoms. The van der Waals surface area contributed by atoms with Crippen molar-refractivity contribution >= 4 is 16.0 Å². The summed E-state index contributed by atoms with van der Waals surface area (Å²) in [6.45, 7) is 2.47. The molecule has 1 saturated heterocycles. The molecule has 0 radical (unpaired) electrons. The quantitative estimate of drug-likeness (QED) is 0.759. The first-order valence-corrected chi connectivity index (χ1v) is 6.76. The Morgan fingerprint density at radius 3 is 2.67 bits per heavy atom. The highest BCUT2D eigenvalue weighted by atomic mass is 32.2. The molecule has 6 heteroatoms. The van der Waals surface area contributed by atoms with Crippen molar-refractivity contribution in [3.8, 4) is 0 Å². The summed E-state index contributed by atoms with van der Waals surface area (Å²) in [5, 5.41) is 8.42. The van der Waals surface area contributed by atoms with Gasteiger partial charge < -0.3 is 5.11 Å². The standard InChI is InChI=1S/C9H17NO4S/c1-8-4-2-6-10(8)15(13,14)7-3-5-9(11)12/h8H,2-7H2,1H3,(H,11,12). The summed E-state index contributed by atoms with van der Waals surface area (Å²) in [5.41, 5.74) is 0. The van der Waals surface area contributed by atoms with Crippen LogP contribution in [0, 0.1) is 0 Å². The fraction of sp³-hybridized carbons (Fsp3) is 0.889. The van der Waals surface area contributed by atoms with Gasteiger partial charge in [0, 0.05) is 19.0 Å². The van der Waals surface area contributed by atoms with Gasteiger partial charge in [-0.3, -0.25) is 4.79 Å². The van der Waals surface area contributed by atoms with E-state index in [1.54, 1.807) is 0 Å². The molecule has 1 heterocycles. The van der Waals surface area contributed by atoms with Gasteiger partial charge in [0.05, 0.1) is 5.75 Å². The number of aliphatic carboxylic acids is 1. The van der Waals surface area contributed by atoms with E-state index in [9.17, 15) is 13.2 Å². The van der Waals surface area contributed by atoms with Crippen LogP contribution in [0.1, 0.15) is 32.6 Å². The van der Waals surface area contributed by atoms with E-state index < -0.39 is 16.0 Å². The first kappa shape index (κ1) is 12.4. The van der Waals surface area contributed by atoms with Crippen molar-refractivity contribution < 1.29 is 18.3 Å². The maximum absolute atomic E-state index is 11.8. The van der Waals surface area contributed by atoms with Gasteiger partial charge >= 0.3 is 5.97 Å². The minimum atomic E-state index is -3.23. The van der Waals surface area contributed by atoms with Crippen LogP contribution in [-0.4, -0.2) is 42.1 Å². The Morgan fingerprint density at radius 1 is 1.53 bits per heavy atom. The molecule has 1 rings (SSSR count). The Morgan fingerprint density at radius 2 is 2.20 bits per heavy atom. The molecule has 1 aliphatic heterocycles. The van der Waals surface area contributed by atoms with E-state index in [1.165, 1.54) is 4.31 Å². The average molecular weight is 235 g/mol. The van der Waals surface area contributed by atoms with Crippen molar-refractivity contribution in [2.24, 2.45) is 0 Å². The minimum Gasteiger partial charge on any atom is -0.481 e. The minimum absolute atomic E-state index is 0.0519. The Labute approximate surface area is 90.1 Å². The summed E-state index contributed by atoms with van der Waals surface area (Å²) in [6, 6.07) is 0.0693. The highest BCUT2D eigenvalue weighted by Gasteiger charge is 2.30. The molecule has 0 aliphatic carbocycles. The third kappa shape index (κ3) is 3.46. The summed E-state index contributed by atoms with van der Waals surface area (Å²) in [4.78, 5) is 10.3. The fourth-order valence-corrected chi connectivity index (χ4v) is 3.65. The number of hydrogen-bond acceptors (Lipinski definition) is 3. The van der Waals surface area contributed by atoms with Crippen LogP contribution < -0.4 is 0 Å². The van der Waals surface area contributed by atoms with Crippen LogP contribution in [0.3, 0.4) is 0 Å². The first-order valence-electron chi connectivity index (χ1n) is 5.15. The monoisotopic (exact) mass is 235 g/mol.